The lowest BCUT2D eigenvalue weighted by Gasteiger charge is -2.20. The van der Waals surface area contributed by atoms with Crippen molar-refractivity contribution >= 4 is 11.5 Å². The third-order valence-electron chi connectivity index (χ3n) is 3.09. The van der Waals surface area contributed by atoms with Gasteiger partial charge in [-0.3, -0.25) is 0 Å². The zero-order valence-corrected chi connectivity index (χ0v) is 11.6. The fraction of sp³-hybridized carbons (Fsp3) is 0.692. The number of ether oxygens (including phenoxy) is 2. The zero-order chi connectivity index (χ0) is 13.7. The second-order valence-electron chi connectivity index (χ2n) is 4.79. The molecule has 0 amide bonds. The van der Waals surface area contributed by atoms with Crippen LogP contribution in [0, 0.1) is 5.92 Å². The largest absolute Gasteiger partial charge is 0.476 e. The van der Waals surface area contributed by atoms with Crippen molar-refractivity contribution in [2.45, 2.75) is 19.8 Å². The van der Waals surface area contributed by atoms with Gasteiger partial charge in [0.25, 0.3) is 0 Å². The number of anilines is 2. The fourth-order valence-electron chi connectivity index (χ4n) is 1.77. The van der Waals surface area contributed by atoms with Crippen LogP contribution in [0.4, 0.5) is 11.5 Å². The van der Waals surface area contributed by atoms with Gasteiger partial charge in [0.15, 0.2) is 5.82 Å². The molecule has 1 aliphatic rings. The molecule has 1 fully saturated rings. The molecule has 1 aromatic heterocycles. The molecule has 6 heteroatoms. The third kappa shape index (κ3) is 3.96. The topological polar surface area (TPSA) is 73.5 Å². The van der Waals surface area contributed by atoms with Gasteiger partial charge in [0.05, 0.1) is 13.2 Å². The molecule has 0 unspecified atom stereocenters. The summed E-state index contributed by atoms with van der Waals surface area (Å²) in [5, 5.41) is 0. The highest BCUT2D eigenvalue weighted by Gasteiger charge is 2.21. The van der Waals surface area contributed by atoms with E-state index in [0.29, 0.717) is 30.6 Å². The molecular formula is C13H22N4O2. The van der Waals surface area contributed by atoms with E-state index in [0.717, 1.165) is 19.1 Å². The van der Waals surface area contributed by atoms with Gasteiger partial charge in [-0.25, -0.2) is 4.98 Å². The van der Waals surface area contributed by atoms with E-state index in [1.165, 1.54) is 19.2 Å². The van der Waals surface area contributed by atoms with Crippen molar-refractivity contribution < 1.29 is 9.47 Å². The van der Waals surface area contributed by atoms with Crippen molar-refractivity contribution in [3.05, 3.63) is 6.33 Å². The summed E-state index contributed by atoms with van der Waals surface area (Å²) in [4.78, 5) is 10.2. The predicted molar refractivity (Wildman–Crippen MR) is 74.4 cm³/mol. The Hall–Kier alpha value is -1.56. The van der Waals surface area contributed by atoms with Gasteiger partial charge in [-0.15, -0.1) is 0 Å². The minimum atomic E-state index is 0.443. The summed E-state index contributed by atoms with van der Waals surface area (Å²) >= 11 is 0. The molecule has 2 N–H and O–H groups in total. The Balaban J connectivity index is 1.85. The van der Waals surface area contributed by atoms with Crippen molar-refractivity contribution in [1.29, 1.82) is 0 Å². The first-order valence-electron chi connectivity index (χ1n) is 6.74. The Morgan fingerprint density at radius 1 is 1.42 bits per heavy atom. The highest BCUT2D eigenvalue weighted by atomic mass is 16.5. The third-order valence-corrected chi connectivity index (χ3v) is 3.09. The van der Waals surface area contributed by atoms with Crippen molar-refractivity contribution in [2.24, 2.45) is 5.92 Å². The van der Waals surface area contributed by atoms with Gasteiger partial charge in [0.1, 0.15) is 12.0 Å². The second kappa shape index (κ2) is 6.56. The molecule has 6 nitrogen and oxygen atoms in total. The van der Waals surface area contributed by atoms with E-state index in [9.17, 15) is 0 Å². The van der Waals surface area contributed by atoms with Crippen LogP contribution in [0.15, 0.2) is 6.33 Å². The molecule has 0 saturated heterocycles. The molecule has 106 valence electrons. The van der Waals surface area contributed by atoms with Crippen LogP contribution in [0.2, 0.25) is 0 Å². The summed E-state index contributed by atoms with van der Waals surface area (Å²) in [6.45, 7) is 4.74. The van der Waals surface area contributed by atoms with Crippen LogP contribution in [0.5, 0.6) is 5.88 Å². The van der Waals surface area contributed by atoms with Crippen LogP contribution in [-0.4, -0.2) is 43.4 Å². The van der Waals surface area contributed by atoms with Crippen LogP contribution in [0.25, 0.3) is 0 Å². The van der Waals surface area contributed by atoms with Gasteiger partial charge in [-0.05, 0) is 25.7 Å². The molecule has 0 spiro atoms. The molecule has 0 radical (unpaired) electrons. The molecule has 1 aliphatic carbocycles. The molecule has 1 saturated carbocycles. The number of nitrogen functional groups attached to an aromatic ring is 1. The molecule has 0 aromatic carbocycles. The van der Waals surface area contributed by atoms with Crippen molar-refractivity contribution in [3.8, 4) is 5.88 Å². The van der Waals surface area contributed by atoms with Crippen molar-refractivity contribution in [1.82, 2.24) is 9.97 Å². The van der Waals surface area contributed by atoms with E-state index >= 15 is 0 Å². The summed E-state index contributed by atoms with van der Waals surface area (Å²) < 4.78 is 11.0. The van der Waals surface area contributed by atoms with Crippen molar-refractivity contribution in [2.75, 3.05) is 44.0 Å². The summed E-state index contributed by atoms with van der Waals surface area (Å²) in [7, 11) is 1.94. The maximum Gasteiger partial charge on any atom is 0.242 e. The van der Waals surface area contributed by atoms with Gasteiger partial charge < -0.3 is 20.1 Å². The predicted octanol–water partition coefficient (Wildman–Crippen LogP) is 1.32. The first-order valence-corrected chi connectivity index (χ1v) is 6.74. The van der Waals surface area contributed by atoms with E-state index in [2.05, 4.69) is 9.97 Å². The second-order valence-corrected chi connectivity index (χ2v) is 4.79. The standard InChI is InChI=1S/C13H22N4O2/c1-3-19-13-11(14)12(15-9-16-13)17(2)6-7-18-8-10-4-5-10/h9-10H,3-8,14H2,1-2H3. The summed E-state index contributed by atoms with van der Waals surface area (Å²) in [5.74, 6) is 1.92. The Labute approximate surface area is 113 Å². The average molecular weight is 266 g/mol. The summed E-state index contributed by atoms with van der Waals surface area (Å²) in [6.07, 6.45) is 4.09. The number of hydrogen-bond donors (Lipinski definition) is 1. The van der Waals surface area contributed by atoms with E-state index in [-0.39, 0.29) is 0 Å². The van der Waals surface area contributed by atoms with E-state index < -0.39 is 0 Å². The van der Waals surface area contributed by atoms with Crippen LogP contribution in [0.1, 0.15) is 19.8 Å². The van der Waals surface area contributed by atoms with Gasteiger partial charge in [-0.2, -0.15) is 4.98 Å². The Bertz CT molecular complexity index is 410. The molecule has 0 bridgehead atoms. The highest BCUT2D eigenvalue weighted by molar-refractivity contribution is 5.67. The smallest absolute Gasteiger partial charge is 0.242 e. The van der Waals surface area contributed by atoms with Crippen LogP contribution in [-0.2, 0) is 4.74 Å². The molecule has 1 aromatic rings. The molecule has 0 aliphatic heterocycles. The molecule has 2 rings (SSSR count). The minimum Gasteiger partial charge on any atom is -0.476 e. The molecular weight excluding hydrogens is 244 g/mol. The number of rotatable bonds is 8. The molecule has 19 heavy (non-hydrogen) atoms. The lowest BCUT2D eigenvalue weighted by atomic mass is 10.4. The number of aromatic nitrogens is 2. The lowest BCUT2D eigenvalue weighted by molar-refractivity contribution is 0.131. The van der Waals surface area contributed by atoms with Crippen LogP contribution < -0.4 is 15.4 Å². The zero-order valence-electron chi connectivity index (χ0n) is 11.6. The highest BCUT2D eigenvalue weighted by Crippen LogP contribution is 2.29. The monoisotopic (exact) mass is 266 g/mol. The minimum absolute atomic E-state index is 0.443. The van der Waals surface area contributed by atoms with Gasteiger partial charge >= 0.3 is 0 Å². The lowest BCUT2D eigenvalue weighted by Crippen LogP contribution is -2.25. The quantitative estimate of drug-likeness (QED) is 0.715. The number of nitrogens with zero attached hydrogens (tertiary/aromatic N) is 3. The van der Waals surface area contributed by atoms with Crippen molar-refractivity contribution in [3.63, 3.8) is 0 Å². The Morgan fingerprint density at radius 3 is 2.89 bits per heavy atom. The molecule has 0 atom stereocenters. The molecule has 1 heterocycles. The summed E-state index contributed by atoms with van der Waals surface area (Å²) in [6, 6.07) is 0. The van der Waals surface area contributed by atoms with Crippen LogP contribution >= 0.6 is 0 Å². The first-order chi connectivity index (χ1) is 9.22. The maximum absolute atomic E-state index is 6.00. The Kier molecular flexibility index (Phi) is 4.79. The number of likely N-dealkylation sites (N-methyl/N-ethyl adjacent to an activating group) is 1. The van der Waals surface area contributed by atoms with Gasteiger partial charge in [0, 0.05) is 20.2 Å². The average Bonchev–Trinajstić information content (AvgIpc) is 3.21. The Morgan fingerprint density at radius 2 is 2.21 bits per heavy atom. The number of nitrogens with two attached hydrogens (primary N) is 1. The van der Waals surface area contributed by atoms with Gasteiger partial charge in [-0.1, -0.05) is 0 Å². The van der Waals surface area contributed by atoms with E-state index in [1.807, 2.05) is 18.9 Å². The van der Waals surface area contributed by atoms with E-state index in [4.69, 9.17) is 15.2 Å². The van der Waals surface area contributed by atoms with Crippen LogP contribution in [0.3, 0.4) is 0 Å². The summed E-state index contributed by atoms with van der Waals surface area (Å²) in [5.41, 5.74) is 6.48. The van der Waals surface area contributed by atoms with Gasteiger partial charge in [0.2, 0.25) is 5.88 Å². The maximum atomic E-state index is 6.00. The number of hydrogen-bond acceptors (Lipinski definition) is 6. The fourth-order valence-corrected chi connectivity index (χ4v) is 1.77. The SMILES string of the molecule is CCOc1ncnc(N(C)CCOCC2CC2)c1N. The normalized spacial score (nSPS) is 14.4. The first kappa shape index (κ1) is 13.9. The van der Waals surface area contributed by atoms with E-state index in [1.54, 1.807) is 0 Å².